The molecule has 0 atom stereocenters. The summed E-state index contributed by atoms with van der Waals surface area (Å²) in [6.07, 6.45) is 7.39. The Labute approximate surface area is 108 Å². The smallest absolute Gasteiger partial charge is 0.126 e. The molecule has 0 bridgehead atoms. The molecule has 1 saturated carbocycles. The first-order valence-corrected chi connectivity index (χ1v) is 7.13. The van der Waals surface area contributed by atoms with Gasteiger partial charge in [-0.25, -0.2) is 4.98 Å². The Morgan fingerprint density at radius 2 is 2.18 bits per heavy atom. The number of fused-ring (bicyclic) bond motifs is 1. The van der Waals surface area contributed by atoms with Gasteiger partial charge in [-0.2, -0.15) is 0 Å². The minimum Gasteiger partial charge on any atom is -0.370 e. The highest BCUT2D eigenvalue weighted by Gasteiger charge is 2.41. The zero-order valence-electron chi connectivity index (χ0n) is 10.1. The number of aryl methyl sites for hydroxylation is 2. The van der Waals surface area contributed by atoms with E-state index < -0.39 is 0 Å². The summed E-state index contributed by atoms with van der Waals surface area (Å²) in [5, 5.41) is 3.49. The Kier molecular flexibility index (Phi) is 2.99. The van der Waals surface area contributed by atoms with E-state index in [4.69, 9.17) is 16.6 Å². The number of rotatable bonds is 5. The fourth-order valence-corrected chi connectivity index (χ4v) is 3.09. The van der Waals surface area contributed by atoms with Crippen LogP contribution in [0.3, 0.4) is 0 Å². The van der Waals surface area contributed by atoms with E-state index in [1.165, 1.54) is 36.9 Å². The average molecular weight is 251 g/mol. The van der Waals surface area contributed by atoms with Gasteiger partial charge in [0.15, 0.2) is 0 Å². The Morgan fingerprint density at radius 3 is 2.94 bits per heavy atom. The number of hydrogen-bond donors (Lipinski definition) is 1. The monoisotopic (exact) mass is 250 g/mol. The van der Waals surface area contributed by atoms with Gasteiger partial charge < -0.3 is 5.32 Å². The number of aromatic nitrogens is 1. The molecule has 0 saturated heterocycles. The van der Waals surface area contributed by atoms with E-state index in [-0.39, 0.29) is 0 Å². The quantitative estimate of drug-likeness (QED) is 0.811. The van der Waals surface area contributed by atoms with Crippen LogP contribution >= 0.6 is 11.6 Å². The Hall–Kier alpha value is -0.760. The number of nitrogens with zero attached hydrogens (tertiary/aromatic N) is 1. The van der Waals surface area contributed by atoms with Crippen LogP contribution in [-0.2, 0) is 12.8 Å². The largest absolute Gasteiger partial charge is 0.370 e. The Bertz CT molecular complexity index is 413. The predicted octanol–water partition coefficient (Wildman–Crippen LogP) is 3.39. The Morgan fingerprint density at radius 1 is 1.29 bits per heavy atom. The van der Waals surface area contributed by atoms with Gasteiger partial charge in [-0.15, -0.1) is 11.6 Å². The van der Waals surface area contributed by atoms with Crippen LogP contribution in [0.5, 0.6) is 0 Å². The highest BCUT2D eigenvalue weighted by atomic mass is 35.5. The van der Waals surface area contributed by atoms with Gasteiger partial charge in [0.2, 0.25) is 0 Å². The van der Waals surface area contributed by atoms with Gasteiger partial charge in [-0.05, 0) is 55.6 Å². The van der Waals surface area contributed by atoms with Crippen molar-refractivity contribution in [2.45, 2.75) is 38.5 Å². The number of pyridine rings is 1. The fraction of sp³-hybridized carbons (Fsp3) is 0.643. The molecule has 0 unspecified atom stereocenters. The van der Waals surface area contributed by atoms with E-state index in [0.717, 1.165) is 31.1 Å². The number of alkyl halides is 1. The molecule has 1 heterocycles. The van der Waals surface area contributed by atoms with Crippen molar-refractivity contribution in [1.29, 1.82) is 0 Å². The molecule has 3 rings (SSSR count). The molecule has 1 aromatic heterocycles. The van der Waals surface area contributed by atoms with E-state index in [9.17, 15) is 0 Å². The molecule has 0 radical (unpaired) electrons. The topological polar surface area (TPSA) is 24.9 Å². The van der Waals surface area contributed by atoms with E-state index in [1.807, 2.05) is 0 Å². The van der Waals surface area contributed by atoms with Crippen molar-refractivity contribution in [2.24, 2.45) is 5.41 Å². The molecule has 17 heavy (non-hydrogen) atoms. The normalized spacial score (nSPS) is 20.1. The second-order valence-electron chi connectivity index (χ2n) is 5.45. The van der Waals surface area contributed by atoms with Gasteiger partial charge in [0, 0.05) is 18.1 Å². The van der Waals surface area contributed by atoms with E-state index in [1.54, 1.807) is 0 Å². The van der Waals surface area contributed by atoms with Gasteiger partial charge in [0.25, 0.3) is 0 Å². The van der Waals surface area contributed by atoms with Crippen LogP contribution in [0.1, 0.15) is 36.9 Å². The number of anilines is 1. The molecule has 0 amide bonds. The summed E-state index contributed by atoms with van der Waals surface area (Å²) < 4.78 is 0. The SMILES string of the molecule is ClCCC1(CNc2ccc3c(n2)CCC3)CC1. The van der Waals surface area contributed by atoms with Crippen LogP contribution in [-0.4, -0.2) is 17.4 Å². The summed E-state index contributed by atoms with van der Waals surface area (Å²) in [7, 11) is 0. The van der Waals surface area contributed by atoms with Gasteiger partial charge in [-0.3, -0.25) is 0 Å². The van der Waals surface area contributed by atoms with Crippen molar-refractivity contribution in [3.63, 3.8) is 0 Å². The lowest BCUT2D eigenvalue weighted by Gasteiger charge is -2.15. The lowest BCUT2D eigenvalue weighted by molar-refractivity contribution is 0.524. The van der Waals surface area contributed by atoms with Crippen molar-refractivity contribution in [3.05, 3.63) is 23.4 Å². The highest BCUT2D eigenvalue weighted by Crippen LogP contribution is 2.48. The lowest BCUT2D eigenvalue weighted by atomic mass is 10.0. The molecular weight excluding hydrogens is 232 g/mol. The first kappa shape index (κ1) is 11.3. The fourth-order valence-electron chi connectivity index (χ4n) is 2.69. The van der Waals surface area contributed by atoms with Crippen molar-refractivity contribution >= 4 is 17.4 Å². The molecule has 2 nitrogen and oxygen atoms in total. The second-order valence-corrected chi connectivity index (χ2v) is 5.83. The van der Waals surface area contributed by atoms with Crippen LogP contribution in [0.25, 0.3) is 0 Å². The van der Waals surface area contributed by atoms with Crippen molar-refractivity contribution in [1.82, 2.24) is 4.98 Å². The molecule has 1 N–H and O–H groups in total. The van der Waals surface area contributed by atoms with Gasteiger partial charge in [0.1, 0.15) is 5.82 Å². The predicted molar refractivity (Wildman–Crippen MR) is 71.8 cm³/mol. The van der Waals surface area contributed by atoms with Crippen molar-refractivity contribution in [3.8, 4) is 0 Å². The number of hydrogen-bond acceptors (Lipinski definition) is 2. The third kappa shape index (κ3) is 2.42. The molecule has 0 aliphatic heterocycles. The minimum absolute atomic E-state index is 0.475. The number of halogens is 1. The molecule has 2 aliphatic rings. The summed E-state index contributed by atoms with van der Waals surface area (Å²) >= 11 is 5.84. The standard InChI is InChI=1S/C14H19ClN2/c15-9-8-14(6-7-14)10-16-13-5-4-11-2-1-3-12(11)17-13/h4-5H,1-3,6-10H2,(H,16,17). The zero-order chi connectivity index (χ0) is 11.7. The zero-order valence-corrected chi connectivity index (χ0v) is 10.9. The average Bonchev–Trinajstić information content (AvgIpc) is 2.95. The van der Waals surface area contributed by atoms with Gasteiger partial charge >= 0.3 is 0 Å². The number of nitrogens with one attached hydrogen (secondary N) is 1. The van der Waals surface area contributed by atoms with Crippen LogP contribution in [0.2, 0.25) is 0 Å². The van der Waals surface area contributed by atoms with E-state index >= 15 is 0 Å². The van der Waals surface area contributed by atoms with Gasteiger partial charge in [-0.1, -0.05) is 6.07 Å². The molecule has 3 heteroatoms. The molecule has 2 aliphatic carbocycles. The van der Waals surface area contributed by atoms with Crippen LogP contribution in [0, 0.1) is 5.41 Å². The molecule has 0 aromatic carbocycles. The van der Waals surface area contributed by atoms with Gasteiger partial charge in [0.05, 0.1) is 0 Å². The molecule has 1 fully saturated rings. The summed E-state index contributed by atoms with van der Waals surface area (Å²) in [6, 6.07) is 4.36. The molecular formula is C14H19ClN2. The van der Waals surface area contributed by atoms with E-state index in [0.29, 0.717) is 5.41 Å². The van der Waals surface area contributed by atoms with E-state index in [2.05, 4.69) is 17.4 Å². The molecule has 1 aromatic rings. The summed E-state index contributed by atoms with van der Waals surface area (Å²) in [5.41, 5.74) is 3.22. The van der Waals surface area contributed by atoms with Crippen LogP contribution in [0.15, 0.2) is 12.1 Å². The summed E-state index contributed by atoms with van der Waals surface area (Å²) in [5.74, 6) is 1.82. The first-order valence-electron chi connectivity index (χ1n) is 6.60. The molecule has 0 spiro atoms. The van der Waals surface area contributed by atoms with Crippen molar-refractivity contribution < 1.29 is 0 Å². The maximum atomic E-state index is 5.84. The van der Waals surface area contributed by atoms with Crippen LogP contribution in [0.4, 0.5) is 5.82 Å². The molecule has 92 valence electrons. The summed E-state index contributed by atoms with van der Waals surface area (Å²) in [6.45, 7) is 1.03. The Balaban J connectivity index is 1.62. The third-order valence-electron chi connectivity index (χ3n) is 4.15. The minimum atomic E-state index is 0.475. The highest BCUT2D eigenvalue weighted by molar-refractivity contribution is 6.17. The second kappa shape index (κ2) is 4.49. The maximum absolute atomic E-state index is 5.84. The maximum Gasteiger partial charge on any atom is 0.126 e. The first-order chi connectivity index (χ1) is 8.31. The van der Waals surface area contributed by atoms with Crippen molar-refractivity contribution in [2.75, 3.05) is 17.7 Å². The lowest BCUT2D eigenvalue weighted by Crippen LogP contribution is -2.16. The third-order valence-corrected chi connectivity index (χ3v) is 4.34. The van der Waals surface area contributed by atoms with Crippen LogP contribution < -0.4 is 5.32 Å². The summed E-state index contributed by atoms with van der Waals surface area (Å²) in [4.78, 5) is 4.70.